The molecule has 2 aromatic rings. The fourth-order valence-corrected chi connectivity index (χ4v) is 2.98. The van der Waals surface area contributed by atoms with Gasteiger partial charge in [0.15, 0.2) is 30.5 Å². The zero-order valence-corrected chi connectivity index (χ0v) is 17.7. The first-order valence-corrected chi connectivity index (χ1v) is 10.1. The smallest absolute Gasteiger partial charge is 0.283 e. The maximum absolute atomic E-state index is 12.5. The molecular weight excluding hydrogens is 400 g/mol. The summed E-state index contributed by atoms with van der Waals surface area (Å²) < 4.78 is 11.8. The number of aromatic nitrogens is 1. The van der Waals surface area contributed by atoms with E-state index in [1.54, 1.807) is 19.2 Å². The van der Waals surface area contributed by atoms with Crippen molar-refractivity contribution >= 4 is 17.8 Å². The van der Waals surface area contributed by atoms with E-state index in [-0.39, 0.29) is 12.5 Å². The molecule has 9 nitrogen and oxygen atoms in total. The van der Waals surface area contributed by atoms with Crippen molar-refractivity contribution in [1.82, 2.24) is 5.01 Å². The van der Waals surface area contributed by atoms with Crippen LogP contribution in [0.4, 0.5) is 0 Å². The van der Waals surface area contributed by atoms with Gasteiger partial charge in [-0.05, 0) is 37.5 Å². The number of hydrogen-bond donors (Lipinski definition) is 0. The molecule has 2 heterocycles. The van der Waals surface area contributed by atoms with Gasteiger partial charge in [0.1, 0.15) is 0 Å². The topological polar surface area (TPSA) is 99.7 Å². The second-order valence-electron chi connectivity index (χ2n) is 6.88. The minimum atomic E-state index is -0.282. The largest absolute Gasteiger partial charge is 0.619 e. The predicted molar refractivity (Wildman–Crippen MR) is 115 cm³/mol. The van der Waals surface area contributed by atoms with Gasteiger partial charge >= 0.3 is 0 Å². The lowest BCUT2D eigenvalue weighted by atomic mass is 10.0. The number of benzene rings is 1. The molecule has 164 valence electrons. The number of nitrogens with zero attached hydrogens (tertiary/aromatic N) is 4. The van der Waals surface area contributed by atoms with Crippen LogP contribution in [0.5, 0.6) is 11.5 Å². The zero-order valence-electron chi connectivity index (χ0n) is 17.7. The highest BCUT2D eigenvalue weighted by molar-refractivity contribution is 6.02. The Morgan fingerprint density at radius 1 is 1.29 bits per heavy atom. The molecule has 0 saturated carbocycles. The Balaban J connectivity index is 1.62. The number of carbonyl (C=O) groups is 1. The van der Waals surface area contributed by atoms with Gasteiger partial charge in [0.2, 0.25) is 0 Å². The number of ether oxygens (including phenoxy) is 2. The average Bonchev–Trinajstić information content (AvgIpc) is 2.81. The van der Waals surface area contributed by atoms with Gasteiger partial charge in [0, 0.05) is 29.8 Å². The molecule has 1 aromatic carbocycles. The Morgan fingerprint density at radius 2 is 2.10 bits per heavy atom. The van der Waals surface area contributed by atoms with Crippen LogP contribution in [0.1, 0.15) is 37.3 Å². The van der Waals surface area contributed by atoms with E-state index < -0.39 is 0 Å². The molecule has 31 heavy (non-hydrogen) atoms. The minimum absolute atomic E-state index is 0.227. The average molecular weight is 426 g/mol. The van der Waals surface area contributed by atoms with Crippen LogP contribution in [0.15, 0.2) is 53.0 Å². The van der Waals surface area contributed by atoms with Crippen LogP contribution in [0.3, 0.4) is 0 Å². The number of amides is 1. The lowest BCUT2D eigenvalue weighted by molar-refractivity contribution is -0.605. The maximum atomic E-state index is 12.5. The molecule has 0 aliphatic carbocycles. The predicted octanol–water partition coefficient (Wildman–Crippen LogP) is 2.49. The van der Waals surface area contributed by atoms with E-state index >= 15 is 0 Å². The third-order valence-electron chi connectivity index (χ3n) is 4.56. The number of oxime groups is 1. The van der Waals surface area contributed by atoms with Crippen LogP contribution in [0, 0.1) is 5.21 Å². The Labute approximate surface area is 181 Å². The molecule has 0 saturated heterocycles. The summed E-state index contributed by atoms with van der Waals surface area (Å²) in [4.78, 5) is 17.6. The van der Waals surface area contributed by atoms with E-state index in [9.17, 15) is 10.0 Å². The number of methoxy groups -OCH3 is 1. The normalized spacial score (nSPS) is 13.7. The van der Waals surface area contributed by atoms with Crippen molar-refractivity contribution in [2.45, 2.75) is 26.2 Å². The molecule has 1 aliphatic rings. The third-order valence-corrected chi connectivity index (χ3v) is 4.56. The number of carbonyl (C=O) groups excluding carboxylic acids is 1. The molecule has 1 aliphatic heterocycles. The number of hydrazone groups is 1. The Hall–Kier alpha value is -3.62. The lowest BCUT2D eigenvalue weighted by Crippen LogP contribution is -2.34. The summed E-state index contributed by atoms with van der Waals surface area (Å²) in [6.45, 7) is 2.93. The molecule has 0 fully saturated rings. The molecule has 0 bridgehead atoms. The molecule has 1 aromatic heterocycles. The minimum Gasteiger partial charge on any atom is -0.619 e. The summed E-state index contributed by atoms with van der Waals surface area (Å²) in [5, 5.41) is 20.7. The monoisotopic (exact) mass is 426 g/mol. The standard InChI is InChI=1S/C22H26N4O5/c1-3-13-30-21-14-18(6-7-20(21)29-2)19-5-4-10-26(24-19)22(27)16-31-23-15-17-8-11-25(28)12-9-17/h6-9,11-12,14-15H,3-5,10,13,16H2,1-2H3/b23-15+. The first-order valence-electron chi connectivity index (χ1n) is 10.1. The van der Waals surface area contributed by atoms with E-state index in [1.165, 1.54) is 23.6 Å². The van der Waals surface area contributed by atoms with Gasteiger partial charge in [-0.15, -0.1) is 0 Å². The summed E-state index contributed by atoms with van der Waals surface area (Å²) in [5.41, 5.74) is 2.39. The quantitative estimate of drug-likeness (QED) is 0.265. The molecular formula is C22H26N4O5. The first-order chi connectivity index (χ1) is 15.1. The zero-order chi connectivity index (χ0) is 22.1. The number of pyridine rings is 1. The van der Waals surface area contributed by atoms with Crippen molar-refractivity contribution < 1.29 is 23.8 Å². The van der Waals surface area contributed by atoms with Crippen molar-refractivity contribution in [2.75, 3.05) is 26.9 Å². The molecule has 0 atom stereocenters. The van der Waals surface area contributed by atoms with E-state index in [4.69, 9.17) is 14.3 Å². The van der Waals surface area contributed by atoms with Gasteiger partial charge in [-0.2, -0.15) is 9.83 Å². The van der Waals surface area contributed by atoms with Crippen LogP contribution < -0.4 is 14.2 Å². The number of hydrogen-bond acceptors (Lipinski definition) is 7. The molecule has 3 rings (SSSR count). The molecule has 0 radical (unpaired) electrons. The highest BCUT2D eigenvalue weighted by Gasteiger charge is 2.20. The van der Waals surface area contributed by atoms with Gasteiger partial charge in [-0.3, -0.25) is 4.79 Å². The second kappa shape index (κ2) is 11.0. The highest BCUT2D eigenvalue weighted by Crippen LogP contribution is 2.29. The third kappa shape index (κ3) is 6.18. The van der Waals surface area contributed by atoms with Crippen molar-refractivity contribution in [2.24, 2.45) is 10.3 Å². The maximum Gasteiger partial charge on any atom is 0.283 e. The molecule has 0 unspecified atom stereocenters. The summed E-state index contributed by atoms with van der Waals surface area (Å²) in [7, 11) is 1.60. The van der Waals surface area contributed by atoms with Crippen LogP contribution in [0.25, 0.3) is 0 Å². The fourth-order valence-electron chi connectivity index (χ4n) is 2.98. The summed E-state index contributed by atoms with van der Waals surface area (Å²) >= 11 is 0. The Morgan fingerprint density at radius 3 is 2.84 bits per heavy atom. The molecule has 0 spiro atoms. The first kappa shape index (κ1) is 22.1. The summed E-state index contributed by atoms with van der Waals surface area (Å²) in [5.74, 6) is 1.04. The van der Waals surface area contributed by atoms with E-state index in [0.29, 0.717) is 34.9 Å². The van der Waals surface area contributed by atoms with Gasteiger partial charge in [0.05, 0.1) is 25.6 Å². The van der Waals surface area contributed by atoms with Crippen molar-refractivity contribution in [1.29, 1.82) is 0 Å². The summed E-state index contributed by atoms with van der Waals surface area (Å²) in [6.07, 6.45) is 6.60. The SMILES string of the molecule is CCCOc1cc(C2=NN(C(=O)CO/N=C/c3cc[n+]([O-])cc3)CCC2)ccc1OC. The van der Waals surface area contributed by atoms with E-state index in [0.717, 1.165) is 30.5 Å². The van der Waals surface area contributed by atoms with E-state index in [2.05, 4.69) is 10.3 Å². The van der Waals surface area contributed by atoms with Crippen LogP contribution in [0.2, 0.25) is 0 Å². The highest BCUT2D eigenvalue weighted by atomic mass is 16.6. The molecule has 0 N–H and O–H groups in total. The van der Waals surface area contributed by atoms with Crippen molar-refractivity contribution in [3.8, 4) is 11.5 Å². The van der Waals surface area contributed by atoms with Gasteiger partial charge in [0.25, 0.3) is 5.91 Å². The molecule has 9 heteroatoms. The Bertz CT molecular complexity index is 943. The van der Waals surface area contributed by atoms with Gasteiger partial charge in [-0.1, -0.05) is 12.1 Å². The van der Waals surface area contributed by atoms with Crippen LogP contribution in [-0.4, -0.2) is 49.7 Å². The summed E-state index contributed by atoms with van der Waals surface area (Å²) in [6, 6.07) is 8.84. The van der Waals surface area contributed by atoms with Crippen molar-refractivity contribution in [3.63, 3.8) is 0 Å². The van der Waals surface area contributed by atoms with Crippen molar-refractivity contribution in [3.05, 3.63) is 59.1 Å². The number of rotatable bonds is 9. The fraction of sp³-hybridized carbons (Fsp3) is 0.364. The van der Waals surface area contributed by atoms with E-state index in [1.807, 2.05) is 25.1 Å². The molecule has 1 amide bonds. The van der Waals surface area contributed by atoms with Crippen LogP contribution in [-0.2, 0) is 9.63 Å². The Kier molecular flexibility index (Phi) is 7.80. The second-order valence-corrected chi connectivity index (χ2v) is 6.88. The van der Waals surface area contributed by atoms with Gasteiger partial charge in [-0.25, -0.2) is 5.01 Å². The lowest BCUT2D eigenvalue weighted by Gasteiger charge is -2.23. The van der Waals surface area contributed by atoms with Crippen LogP contribution >= 0.6 is 0 Å². The van der Waals surface area contributed by atoms with Gasteiger partial charge < -0.3 is 19.5 Å².